The normalized spacial score (nSPS) is 10.8. The van der Waals surface area contributed by atoms with Gasteiger partial charge in [0.15, 0.2) is 0 Å². The van der Waals surface area contributed by atoms with Gasteiger partial charge in [0.2, 0.25) is 0 Å². The minimum Gasteiger partial charge on any atom is -0.478 e. The van der Waals surface area contributed by atoms with Gasteiger partial charge in [0, 0.05) is 11.0 Å². The standard InChI is InChI=1S/C42H34O7.CH2O/c1-42(2,33-15-19-35(20-16-33)48-39-24-14-30(25-32(39)27-47-46)28-9-5-3-6-10-28)34-17-21-36(22-18-34)49-41(45)37-23-13-31(26-38(37)40(43)44)29-11-7-4-8-12-29;1-2/h3-26,46H,27H2,1-2H3,(H,43,44);1H2. The molecule has 6 aromatic carbocycles. The molecule has 6 aromatic rings. The Morgan fingerprint density at radius 2 is 1.12 bits per heavy atom. The summed E-state index contributed by atoms with van der Waals surface area (Å²) < 4.78 is 11.8. The van der Waals surface area contributed by atoms with Gasteiger partial charge in [-0.15, -0.1) is 0 Å². The molecule has 0 radical (unpaired) electrons. The van der Waals surface area contributed by atoms with Gasteiger partial charge < -0.3 is 19.4 Å². The Hall–Kier alpha value is -6.35. The minimum absolute atomic E-state index is 0.0202. The van der Waals surface area contributed by atoms with Crippen LogP contribution < -0.4 is 9.47 Å². The lowest BCUT2D eigenvalue weighted by Crippen LogP contribution is -2.19. The number of hydrogen-bond acceptors (Lipinski definition) is 7. The third kappa shape index (κ3) is 8.45. The van der Waals surface area contributed by atoms with Crippen molar-refractivity contribution in [1.82, 2.24) is 0 Å². The van der Waals surface area contributed by atoms with E-state index in [4.69, 9.17) is 14.3 Å². The molecule has 0 heterocycles. The second-order valence-corrected chi connectivity index (χ2v) is 12.1. The van der Waals surface area contributed by atoms with E-state index in [1.165, 1.54) is 12.1 Å². The van der Waals surface area contributed by atoms with E-state index in [0.29, 0.717) is 28.4 Å². The maximum absolute atomic E-state index is 13.1. The highest BCUT2D eigenvalue weighted by molar-refractivity contribution is 6.04. The molecule has 0 atom stereocenters. The number of rotatable bonds is 11. The first-order chi connectivity index (χ1) is 24.7. The number of aromatic carboxylic acids is 1. The van der Waals surface area contributed by atoms with E-state index in [1.807, 2.05) is 122 Å². The van der Waals surface area contributed by atoms with Crippen LogP contribution in [-0.4, -0.2) is 29.1 Å². The number of hydrogen-bond donors (Lipinski definition) is 2. The Morgan fingerprint density at radius 3 is 1.65 bits per heavy atom. The number of esters is 1. The maximum Gasteiger partial charge on any atom is 0.344 e. The van der Waals surface area contributed by atoms with E-state index >= 15 is 0 Å². The van der Waals surface area contributed by atoms with Crippen molar-refractivity contribution in [2.45, 2.75) is 25.9 Å². The van der Waals surface area contributed by atoms with Gasteiger partial charge in [-0.05, 0) is 81.9 Å². The highest BCUT2D eigenvalue weighted by Gasteiger charge is 2.24. The van der Waals surface area contributed by atoms with E-state index in [-0.39, 0.29) is 17.7 Å². The fourth-order valence-corrected chi connectivity index (χ4v) is 5.72. The van der Waals surface area contributed by atoms with Crippen molar-refractivity contribution < 1.29 is 39.1 Å². The highest BCUT2D eigenvalue weighted by Crippen LogP contribution is 2.36. The molecule has 0 aliphatic carbocycles. The molecule has 0 fully saturated rings. The van der Waals surface area contributed by atoms with Crippen molar-refractivity contribution in [3.05, 3.63) is 173 Å². The number of benzene rings is 6. The zero-order valence-corrected chi connectivity index (χ0v) is 28.1. The summed E-state index contributed by atoms with van der Waals surface area (Å²) in [6.45, 7) is 6.17. The van der Waals surface area contributed by atoms with Crippen molar-refractivity contribution in [2.75, 3.05) is 0 Å². The van der Waals surface area contributed by atoms with Crippen LogP contribution in [0.15, 0.2) is 146 Å². The summed E-state index contributed by atoms with van der Waals surface area (Å²) in [4.78, 5) is 37.6. The average molecular weight is 681 g/mol. The summed E-state index contributed by atoms with van der Waals surface area (Å²) in [5.41, 5.74) is 5.75. The SMILES string of the molecule is C=O.CC(C)(c1ccc(OC(=O)c2ccc(-c3ccccc3)cc2C(=O)O)cc1)c1ccc(Oc2ccc(-c3ccccc3)cc2COO)cc1. The molecule has 0 spiro atoms. The number of carbonyl (C=O) groups excluding carboxylic acids is 2. The van der Waals surface area contributed by atoms with Crippen molar-refractivity contribution in [1.29, 1.82) is 0 Å². The van der Waals surface area contributed by atoms with E-state index in [0.717, 1.165) is 27.8 Å². The Kier molecular flexibility index (Phi) is 11.5. The Morgan fingerprint density at radius 1 is 0.608 bits per heavy atom. The lowest BCUT2D eigenvalue weighted by Gasteiger charge is -2.26. The molecule has 6 rings (SSSR count). The summed E-state index contributed by atoms with van der Waals surface area (Å²) in [7, 11) is 0. The van der Waals surface area contributed by atoms with Gasteiger partial charge in [0.05, 0.1) is 11.1 Å². The number of ether oxygens (including phenoxy) is 2. The molecule has 0 bridgehead atoms. The second-order valence-electron chi connectivity index (χ2n) is 12.1. The molecular formula is C43H36O8. The van der Waals surface area contributed by atoms with Crippen molar-refractivity contribution in [3.8, 4) is 39.5 Å². The largest absolute Gasteiger partial charge is 0.478 e. The predicted octanol–water partition coefficient (Wildman–Crippen LogP) is 9.86. The fraction of sp³-hybridized carbons (Fsp3) is 0.0930. The fourth-order valence-electron chi connectivity index (χ4n) is 5.72. The summed E-state index contributed by atoms with van der Waals surface area (Å²) >= 11 is 0. The summed E-state index contributed by atoms with van der Waals surface area (Å²) in [5.74, 6) is -0.445. The van der Waals surface area contributed by atoms with E-state index < -0.39 is 17.4 Å². The van der Waals surface area contributed by atoms with Crippen LogP contribution in [-0.2, 0) is 21.7 Å². The van der Waals surface area contributed by atoms with Gasteiger partial charge in [-0.2, -0.15) is 0 Å². The molecule has 51 heavy (non-hydrogen) atoms. The zero-order valence-electron chi connectivity index (χ0n) is 28.1. The topological polar surface area (TPSA) is 119 Å². The Balaban J connectivity index is 0.00000248. The average Bonchev–Trinajstić information content (AvgIpc) is 3.17. The van der Waals surface area contributed by atoms with Crippen molar-refractivity contribution >= 4 is 18.7 Å². The third-order valence-electron chi connectivity index (χ3n) is 8.56. The molecule has 0 aliphatic heterocycles. The Bertz CT molecular complexity index is 2090. The summed E-state index contributed by atoms with van der Waals surface area (Å²) in [5, 5.41) is 19.0. The lowest BCUT2D eigenvalue weighted by molar-refractivity contribution is -0.253. The van der Waals surface area contributed by atoms with Gasteiger partial charge in [0.25, 0.3) is 0 Å². The minimum atomic E-state index is -1.21. The lowest BCUT2D eigenvalue weighted by atomic mass is 9.78. The summed E-state index contributed by atoms with van der Waals surface area (Å²) in [6.07, 6.45) is 0. The van der Waals surface area contributed by atoms with Gasteiger partial charge in [-0.25, -0.2) is 14.5 Å². The first kappa shape index (κ1) is 35.9. The maximum atomic E-state index is 13.1. The molecule has 0 saturated carbocycles. The molecule has 2 N–H and O–H groups in total. The van der Waals surface area contributed by atoms with E-state index in [2.05, 4.69) is 18.7 Å². The van der Waals surface area contributed by atoms with E-state index in [9.17, 15) is 20.0 Å². The molecule has 0 unspecified atom stereocenters. The van der Waals surface area contributed by atoms with Crippen molar-refractivity contribution in [3.63, 3.8) is 0 Å². The molecule has 8 nitrogen and oxygen atoms in total. The van der Waals surface area contributed by atoms with Crippen LogP contribution in [0.5, 0.6) is 17.2 Å². The zero-order chi connectivity index (χ0) is 36.4. The Labute approximate surface area is 296 Å². The van der Waals surface area contributed by atoms with E-state index in [1.54, 1.807) is 18.2 Å². The van der Waals surface area contributed by atoms with Crippen LogP contribution in [0, 0.1) is 0 Å². The predicted molar refractivity (Wildman–Crippen MR) is 195 cm³/mol. The van der Waals surface area contributed by atoms with Crippen LogP contribution in [0.25, 0.3) is 22.3 Å². The van der Waals surface area contributed by atoms with Crippen LogP contribution in [0.4, 0.5) is 0 Å². The third-order valence-corrected chi connectivity index (χ3v) is 8.56. The second kappa shape index (κ2) is 16.4. The van der Waals surface area contributed by atoms with Gasteiger partial charge in [-0.1, -0.05) is 111 Å². The van der Waals surface area contributed by atoms with Crippen molar-refractivity contribution in [2.24, 2.45) is 0 Å². The van der Waals surface area contributed by atoms with Gasteiger partial charge >= 0.3 is 11.9 Å². The van der Waals surface area contributed by atoms with Gasteiger partial charge in [0.1, 0.15) is 30.6 Å². The molecule has 0 amide bonds. The smallest absolute Gasteiger partial charge is 0.344 e. The molecule has 0 aliphatic rings. The molecular weight excluding hydrogens is 644 g/mol. The first-order valence-corrected chi connectivity index (χ1v) is 16.0. The number of carboxylic acid groups (broad SMARTS) is 1. The van der Waals surface area contributed by atoms with Crippen LogP contribution in [0.2, 0.25) is 0 Å². The molecule has 0 saturated heterocycles. The number of carboxylic acids is 1. The highest BCUT2D eigenvalue weighted by atomic mass is 17.1. The van der Waals surface area contributed by atoms with Crippen LogP contribution >= 0.6 is 0 Å². The monoisotopic (exact) mass is 680 g/mol. The molecule has 8 heteroatoms. The quantitative estimate of drug-likeness (QED) is 0.0601. The van der Waals surface area contributed by atoms with Crippen LogP contribution in [0.1, 0.15) is 51.3 Å². The van der Waals surface area contributed by atoms with Crippen LogP contribution in [0.3, 0.4) is 0 Å². The first-order valence-electron chi connectivity index (χ1n) is 16.0. The molecule has 0 aromatic heterocycles. The molecule has 256 valence electrons. The van der Waals surface area contributed by atoms with Gasteiger partial charge in [-0.3, -0.25) is 5.26 Å². The summed E-state index contributed by atoms with van der Waals surface area (Å²) in [6, 6.07) is 44.7. The number of carbonyl (C=O) groups is 3.